The maximum absolute atomic E-state index is 11.6. The minimum Gasteiger partial charge on any atom is -0.459 e. The number of carbonyl (C=O) groups is 2. The van der Waals surface area contributed by atoms with Gasteiger partial charge in [0.1, 0.15) is 0 Å². The van der Waals surface area contributed by atoms with E-state index in [4.69, 9.17) is 4.42 Å². The highest BCUT2D eigenvalue weighted by molar-refractivity contribution is 5.94. The molecule has 0 bridgehead atoms. The highest BCUT2D eigenvalue weighted by Gasteiger charge is 2.13. The Morgan fingerprint density at radius 2 is 2.00 bits per heavy atom. The molecule has 1 saturated carbocycles. The summed E-state index contributed by atoms with van der Waals surface area (Å²) in [5, 5.41) is 5.37. The molecule has 2 amide bonds. The second kappa shape index (κ2) is 8.49. The van der Waals surface area contributed by atoms with Crippen molar-refractivity contribution in [2.75, 3.05) is 13.1 Å². The van der Waals surface area contributed by atoms with Crippen LogP contribution in [0.5, 0.6) is 0 Å². The Bertz CT molecular complexity index is 436. The third-order valence-corrected chi connectivity index (χ3v) is 3.99. The Labute approximate surface area is 125 Å². The molecule has 0 aliphatic heterocycles. The molecule has 2 N–H and O–H groups in total. The molecular weight excluding hydrogens is 268 g/mol. The first-order valence-electron chi connectivity index (χ1n) is 7.84. The Balaban J connectivity index is 1.52. The van der Waals surface area contributed by atoms with Gasteiger partial charge in [0.2, 0.25) is 5.91 Å². The van der Waals surface area contributed by atoms with Crippen LogP contribution in [-0.2, 0) is 4.79 Å². The molecule has 5 nitrogen and oxygen atoms in total. The molecule has 5 heteroatoms. The van der Waals surface area contributed by atoms with Crippen molar-refractivity contribution in [1.29, 1.82) is 0 Å². The summed E-state index contributed by atoms with van der Waals surface area (Å²) in [5.41, 5.74) is 0. The van der Waals surface area contributed by atoms with Crippen molar-refractivity contribution in [1.82, 2.24) is 10.6 Å². The summed E-state index contributed by atoms with van der Waals surface area (Å²) in [4.78, 5) is 23.2. The topological polar surface area (TPSA) is 71.3 Å². The van der Waals surface area contributed by atoms with Gasteiger partial charge < -0.3 is 15.1 Å². The zero-order chi connectivity index (χ0) is 14.9. The highest BCUT2D eigenvalue weighted by atomic mass is 16.3. The predicted molar refractivity (Wildman–Crippen MR) is 79.9 cm³/mol. The Morgan fingerprint density at radius 3 is 2.71 bits per heavy atom. The number of carbonyl (C=O) groups excluding carboxylic acids is 2. The number of furan rings is 1. The Kier molecular flexibility index (Phi) is 6.31. The fraction of sp³-hybridized carbons (Fsp3) is 0.625. The Morgan fingerprint density at radius 1 is 1.19 bits per heavy atom. The molecular formula is C16H24N2O3. The molecule has 116 valence electrons. The number of amides is 2. The van der Waals surface area contributed by atoms with Crippen molar-refractivity contribution in [3.63, 3.8) is 0 Å². The van der Waals surface area contributed by atoms with E-state index in [-0.39, 0.29) is 24.1 Å². The van der Waals surface area contributed by atoms with Gasteiger partial charge in [0.15, 0.2) is 5.76 Å². The Hall–Kier alpha value is -1.78. The lowest BCUT2D eigenvalue weighted by Gasteiger charge is -2.21. The standard InChI is InChI=1S/C16H24N2O3/c19-15(12-18-16(20)14-9-5-11-21-14)17-10-4-8-13-6-2-1-3-7-13/h5,9,11,13H,1-4,6-8,10,12H2,(H,17,19)(H,18,20). The molecule has 0 atom stereocenters. The summed E-state index contributed by atoms with van der Waals surface area (Å²) < 4.78 is 4.95. The van der Waals surface area contributed by atoms with Crippen molar-refractivity contribution >= 4 is 11.8 Å². The van der Waals surface area contributed by atoms with E-state index in [0.29, 0.717) is 6.54 Å². The molecule has 0 spiro atoms. The lowest BCUT2D eigenvalue weighted by atomic mass is 9.86. The summed E-state index contributed by atoms with van der Waals surface area (Å²) in [6, 6.07) is 3.21. The highest BCUT2D eigenvalue weighted by Crippen LogP contribution is 2.26. The lowest BCUT2D eigenvalue weighted by Crippen LogP contribution is -2.37. The molecule has 2 rings (SSSR count). The van der Waals surface area contributed by atoms with Gasteiger partial charge in [0.25, 0.3) is 5.91 Å². The third-order valence-electron chi connectivity index (χ3n) is 3.99. The monoisotopic (exact) mass is 292 g/mol. The maximum atomic E-state index is 11.6. The van der Waals surface area contributed by atoms with Gasteiger partial charge in [-0.1, -0.05) is 32.1 Å². The molecule has 0 aromatic carbocycles. The average molecular weight is 292 g/mol. The van der Waals surface area contributed by atoms with Crippen LogP contribution in [0.2, 0.25) is 0 Å². The third kappa shape index (κ3) is 5.61. The normalized spacial score (nSPS) is 15.6. The molecule has 1 heterocycles. The SMILES string of the molecule is O=C(CNC(=O)c1ccco1)NCCCC1CCCCC1. The molecule has 0 unspecified atom stereocenters. The molecule has 0 saturated heterocycles. The van der Waals surface area contributed by atoms with Gasteiger partial charge in [-0.2, -0.15) is 0 Å². The van der Waals surface area contributed by atoms with Gasteiger partial charge >= 0.3 is 0 Å². The first-order valence-corrected chi connectivity index (χ1v) is 7.84. The van der Waals surface area contributed by atoms with E-state index < -0.39 is 0 Å². The van der Waals surface area contributed by atoms with Crippen molar-refractivity contribution in [2.45, 2.75) is 44.9 Å². The van der Waals surface area contributed by atoms with Crippen LogP contribution < -0.4 is 10.6 Å². The number of hydrogen-bond acceptors (Lipinski definition) is 3. The molecule has 1 aromatic rings. The van der Waals surface area contributed by atoms with E-state index in [1.807, 2.05) is 0 Å². The van der Waals surface area contributed by atoms with Crippen LogP contribution in [0.4, 0.5) is 0 Å². The lowest BCUT2D eigenvalue weighted by molar-refractivity contribution is -0.120. The summed E-state index contributed by atoms with van der Waals surface area (Å²) >= 11 is 0. The first kappa shape index (κ1) is 15.6. The van der Waals surface area contributed by atoms with E-state index >= 15 is 0 Å². The van der Waals surface area contributed by atoms with E-state index in [1.165, 1.54) is 44.8 Å². The largest absolute Gasteiger partial charge is 0.459 e. The van der Waals surface area contributed by atoms with Crippen LogP contribution in [0.1, 0.15) is 55.5 Å². The molecule has 1 aliphatic rings. The number of nitrogens with one attached hydrogen (secondary N) is 2. The summed E-state index contributed by atoms with van der Waals surface area (Å²) in [6.07, 6.45) is 10.4. The van der Waals surface area contributed by atoms with Crippen LogP contribution in [-0.4, -0.2) is 24.9 Å². The molecule has 1 aliphatic carbocycles. The molecule has 1 aromatic heterocycles. The smallest absolute Gasteiger partial charge is 0.287 e. The van der Waals surface area contributed by atoms with Crippen molar-refractivity contribution in [3.05, 3.63) is 24.2 Å². The number of hydrogen-bond donors (Lipinski definition) is 2. The predicted octanol–water partition coefficient (Wildman–Crippen LogP) is 2.49. The van der Waals surface area contributed by atoms with Crippen LogP contribution in [0.25, 0.3) is 0 Å². The minimum absolute atomic E-state index is 0.0110. The molecule has 1 fully saturated rings. The average Bonchev–Trinajstić information content (AvgIpc) is 3.05. The van der Waals surface area contributed by atoms with Crippen molar-refractivity contribution < 1.29 is 14.0 Å². The zero-order valence-electron chi connectivity index (χ0n) is 12.4. The first-order chi connectivity index (χ1) is 10.3. The van der Waals surface area contributed by atoms with Gasteiger partial charge in [-0.25, -0.2) is 0 Å². The van der Waals surface area contributed by atoms with Crippen LogP contribution in [0.15, 0.2) is 22.8 Å². The second-order valence-electron chi connectivity index (χ2n) is 5.66. The van der Waals surface area contributed by atoms with E-state index in [2.05, 4.69) is 10.6 Å². The van der Waals surface area contributed by atoms with Crippen LogP contribution in [0.3, 0.4) is 0 Å². The zero-order valence-corrected chi connectivity index (χ0v) is 12.4. The molecule has 21 heavy (non-hydrogen) atoms. The van der Waals surface area contributed by atoms with Gasteiger partial charge in [-0.3, -0.25) is 9.59 Å². The van der Waals surface area contributed by atoms with Crippen molar-refractivity contribution in [3.8, 4) is 0 Å². The fourth-order valence-electron chi connectivity index (χ4n) is 2.81. The van der Waals surface area contributed by atoms with Gasteiger partial charge in [0, 0.05) is 6.54 Å². The quantitative estimate of drug-likeness (QED) is 0.758. The summed E-state index contributed by atoms with van der Waals surface area (Å²) in [6.45, 7) is 0.676. The van der Waals surface area contributed by atoms with Crippen molar-refractivity contribution in [2.24, 2.45) is 5.92 Å². The summed E-state index contributed by atoms with van der Waals surface area (Å²) in [5.74, 6) is 0.547. The van der Waals surface area contributed by atoms with Gasteiger partial charge in [-0.15, -0.1) is 0 Å². The second-order valence-corrected chi connectivity index (χ2v) is 5.66. The van der Waals surface area contributed by atoms with Crippen LogP contribution in [0, 0.1) is 5.92 Å². The van der Waals surface area contributed by atoms with E-state index in [1.54, 1.807) is 12.1 Å². The minimum atomic E-state index is -0.364. The number of rotatable bonds is 7. The van der Waals surface area contributed by atoms with Gasteiger partial charge in [-0.05, 0) is 30.9 Å². The van der Waals surface area contributed by atoms with E-state index in [0.717, 1.165) is 12.3 Å². The molecule has 0 radical (unpaired) electrons. The van der Waals surface area contributed by atoms with Crippen LogP contribution >= 0.6 is 0 Å². The van der Waals surface area contributed by atoms with E-state index in [9.17, 15) is 9.59 Å². The van der Waals surface area contributed by atoms with Gasteiger partial charge in [0.05, 0.1) is 12.8 Å². The maximum Gasteiger partial charge on any atom is 0.287 e. The fourth-order valence-corrected chi connectivity index (χ4v) is 2.81. The summed E-state index contributed by atoms with van der Waals surface area (Å²) in [7, 11) is 0.